The molecule has 3 rings (SSSR count). The van der Waals surface area contributed by atoms with Crippen LogP contribution in [0.1, 0.15) is 11.1 Å². The molecule has 0 fully saturated rings. The minimum absolute atomic E-state index is 0.147. The summed E-state index contributed by atoms with van der Waals surface area (Å²) >= 11 is 6.65. The average molecular weight is 511 g/mol. The fourth-order valence-electron chi connectivity index (χ4n) is 2.59. The normalized spacial score (nSPS) is 12.6. The first kappa shape index (κ1) is 23.5. The lowest BCUT2D eigenvalue weighted by molar-refractivity contribution is -0.137. The molecule has 0 aliphatic carbocycles. The van der Waals surface area contributed by atoms with Crippen LogP contribution >= 0.6 is 22.9 Å². The highest BCUT2D eigenvalue weighted by Gasteiger charge is 2.33. The third-order valence-electron chi connectivity index (χ3n) is 4.14. The van der Waals surface area contributed by atoms with Crippen molar-refractivity contribution in [2.45, 2.75) is 22.4 Å². The van der Waals surface area contributed by atoms with Gasteiger partial charge in [-0.1, -0.05) is 17.7 Å². The highest BCUT2D eigenvalue weighted by molar-refractivity contribution is 7.93. The minimum atomic E-state index is -4.65. The van der Waals surface area contributed by atoms with Crippen LogP contribution in [-0.2, 0) is 32.5 Å². The average Bonchev–Trinajstić information content (AvgIpc) is 3.19. The first-order chi connectivity index (χ1) is 14.4. The molecule has 6 nitrogen and oxygen atoms in total. The highest BCUT2D eigenvalue weighted by atomic mass is 35.5. The van der Waals surface area contributed by atoms with E-state index in [0.717, 1.165) is 47.7 Å². The van der Waals surface area contributed by atoms with Crippen LogP contribution in [0.3, 0.4) is 0 Å². The van der Waals surface area contributed by atoms with Crippen LogP contribution in [-0.4, -0.2) is 27.6 Å². The van der Waals surface area contributed by atoms with E-state index in [1.54, 1.807) is 5.38 Å². The maximum Gasteiger partial charge on any atom is 0.417 e. The second-order valence-electron chi connectivity index (χ2n) is 6.29. The van der Waals surface area contributed by atoms with Crippen LogP contribution in [0.15, 0.2) is 63.8 Å². The molecule has 0 unspecified atom stereocenters. The SMILES string of the molecule is O=S(=O)(CCc1ccc(Cl)c(C(F)(F)F)c1)c1ccc(S(=O)(=O)Nc2nccs2)cc1. The van der Waals surface area contributed by atoms with E-state index >= 15 is 0 Å². The third kappa shape index (κ3) is 5.76. The molecule has 0 bridgehead atoms. The van der Waals surface area contributed by atoms with Crippen molar-refractivity contribution in [2.24, 2.45) is 0 Å². The van der Waals surface area contributed by atoms with E-state index in [1.807, 2.05) is 0 Å². The predicted octanol–water partition coefficient (Wildman–Crippen LogP) is 4.63. The molecule has 1 aromatic heterocycles. The van der Waals surface area contributed by atoms with E-state index in [-0.39, 0.29) is 26.9 Å². The molecule has 0 saturated carbocycles. The first-order valence-corrected chi connectivity index (χ1v) is 12.9. The molecule has 2 aromatic carbocycles. The van der Waals surface area contributed by atoms with Gasteiger partial charge in [0.2, 0.25) is 0 Å². The van der Waals surface area contributed by atoms with Crippen molar-refractivity contribution in [3.63, 3.8) is 0 Å². The molecule has 31 heavy (non-hydrogen) atoms. The summed E-state index contributed by atoms with van der Waals surface area (Å²) in [6.07, 6.45) is -3.40. The molecule has 0 atom stereocenters. The number of sulfone groups is 1. The lowest BCUT2D eigenvalue weighted by Crippen LogP contribution is -2.14. The summed E-state index contributed by atoms with van der Waals surface area (Å²) in [6.45, 7) is 0. The Balaban J connectivity index is 1.74. The van der Waals surface area contributed by atoms with Crippen LogP contribution in [0.2, 0.25) is 5.02 Å². The summed E-state index contributed by atoms with van der Waals surface area (Å²) in [6, 6.07) is 7.75. The molecule has 1 heterocycles. The Morgan fingerprint density at radius 1 is 1.00 bits per heavy atom. The Hall–Kier alpha value is -2.15. The van der Waals surface area contributed by atoms with Crippen molar-refractivity contribution in [1.29, 1.82) is 0 Å². The summed E-state index contributed by atoms with van der Waals surface area (Å²) in [4.78, 5) is 3.51. The van der Waals surface area contributed by atoms with Gasteiger partial charge in [0.25, 0.3) is 10.0 Å². The summed E-state index contributed by atoms with van der Waals surface area (Å²) in [5, 5.41) is 1.28. The quantitative estimate of drug-likeness (QED) is 0.500. The van der Waals surface area contributed by atoms with Gasteiger partial charge in [0.1, 0.15) is 0 Å². The number of sulfonamides is 1. The molecule has 166 valence electrons. The number of thiazole rings is 1. The minimum Gasteiger partial charge on any atom is -0.255 e. The molecular weight excluding hydrogens is 497 g/mol. The lowest BCUT2D eigenvalue weighted by atomic mass is 10.1. The van der Waals surface area contributed by atoms with Gasteiger partial charge in [0.05, 0.1) is 26.1 Å². The Labute approximate surface area is 185 Å². The summed E-state index contributed by atoms with van der Waals surface area (Å²) in [5.74, 6) is -0.463. The van der Waals surface area contributed by atoms with E-state index < -0.39 is 42.4 Å². The predicted molar refractivity (Wildman–Crippen MR) is 112 cm³/mol. The maximum atomic E-state index is 13.0. The lowest BCUT2D eigenvalue weighted by Gasteiger charge is -2.11. The zero-order chi connectivity index (χ0) is 22.9. The number of nitrogens with zero attached hydrogens (tertiary/aromatic N) is 1. The fourth-order valence-corrected chi connectivity index (χ4v) is 5.89. The Kier molecular flexibility index (Phi) is 6.65. The monoisotopic (exact) mass is 510 g/mol. The van der Waals surface area contributed by atoms with Gasteiger partial charge < -0.3 is 0 Å². The second-order valence-corrected chi connectivity index (χ2v) is 11.4. The van der Waals surface area contributed by atoms with E-state index in [9.17, 15) is 30.0 Å². The molecule has 0 saturated heterocycles. The van der Waals surface area contributed by atoms with Gasteiger partial charge >= 0.3 is 6.18 Å². The number of halogens is 4. The summed E-state index contributed by atoms with van der Waals surface area (Å²) in [5.41, 5.74) is -0.876. The maximum absolute atomic E-state index is 13.0. The molecule has 0 radical (unpaired) electrons. The first-order valence-electron chi connectivity index (χ1n) is 8.49. The van der Waals surface area contributed by atoms with Gasteiger partial charge in [0, 0.05) is 11.6 Å². The Morgan fingerprint density at radius 3 is 2.23 bits per heavy atom. The summed E-state index contributed by atoms with van der Waals surface area (Å²) in [7, 11) is -7.81. The van der Waals surface area contributed by atoms with Gasteiger partial charge in [-0.05, 0) is 48.4 Å². The largest absolute Gasteiger partial charge is 0.417 e. The zero-order valence-electron chi connectivity index (χ0n) is 15.4. The number of anilines is 1. The topological polar surface area (TPSA) is 93.2 Å². The molecule has 0 aliphatic rings. The molecule has 0 spiro atoms. The number of hydrogen-bond acceptors (Lipinski definition) is 6. The van der Waals surface area contributed by atoms with E-state index in [0.29, 0.717) is 0 Å². The van der Waals surface area contributed by atoms with Crippen molar-refractivity contribution < 1.29 is 30.0 Å². The number of hydrogen-bond donors (Lipinski definition) is 1. The molecule has 3 aromatic rings. The number of aromatic nitrogens is 1. The number of rotatable bonds is 7. The van der Waals surface area contributed by atoms with Crippen LogP contribution < -0.4 is 4.72 Å². The number of alkyl halides is 3. The van der Waals surface area contributed by atoms with Crippen LogP contribution in [0.5, 0.6) is 0 Å². The van der Waals surface area contributed by atoms with Crippen LogP contribution in [0, 0.1) is 0 Å². The molecule has 13 heteroatoms. The van der Waals surface area contributed by atoms with Gasteiger partial charge in [0.15, 0.2) is 15.0 Å². The van der Waals surface area contributed by atoms with Crippen molar-refractivity contribution in [1.82, 2.24) is 4.98 Å². The fraction of sp³-hybridized carbons (Fsp3) is 0.167. The van der Waals surface area contributed by atoms with E-state index in [2.05, 4.69) is 9.71 Å². The van der Waals surface area contributed by atoms with Gasteiger partial charge in [-0.15, -0.1) is 11.3 Å². The summed E-state index contributed by atoms with van der Waals surface area (Å²) < 4.78 is 90.9. The van der Waals surface area contributed by atoms with Crippen LogP contribution in [0.4, 0.5) is 18.3 Å². The number of benzene rings is 2. The molecule has 0 aliphatic heterocycles. The van der Waals surface area contributed by atoms with E-state index in [4.69, 9.17) is 11.6 Å². The van der Waals surface area contributed by atoms with Gasteiger partial charge in [-0.2, -0.15) is 13.2 Å². The van der Waals surface area contributed by atoms with Gasteiger partial charge in [-0.3, -0.25) is 4.72 Å². The molecular formula is C18H14ClF3N2O4S3. The van der Waals surface area contributed by atoms with Crippen molar-refractivity contribution >= 4 is 47.9 Å². The molecule has 1 N–H and O–H groups in total. The van der Waals surface area contributed by atoms with Crippen LogP contribution in [0.25, 0.3) is 0 Å². The smallest absolute Gasteiger partial charge is 0.255 e. The Morgan fingerprint density at radius 2 is 1.65 bits per heavy atom. The van der Waals surface area contributed by atoms with Crippen molar-refractivity contribution in [2.75, 3.05) is 10.5 Å². The standard InChI is InChI=1S/C18H14ClF3N2O4S3/c19-16-6-1-12(11-15(16)18(20,21)22)7-10-30(25,26)13-2-4-14(5-3-13)31(27,28)24-17-23-8-9-29-17/h1-6,8-9,11H,7,10H2,(H,23,24). The van der Waals surface area contributed by atoms with Crippen molar-refractivity contribution in [3.8, 4) is 0 Å². The third-order valence-corrected chi connectivity index (χ3v) is 8.38. The van der Waals surface area contributed by atoms with Crippen molar-refractivity contribution in [3.05, 3.63) is 70.2 Å². The number of nitrogens with one attached hydrogen (secondary N) is 1. The Bertz CT molecular complexity index is 1280. The second kappa shape index (κ2) is 8.77. The van der Waals surface area contributed by atoms with E-state index in [1.165, 1.54) is 12.3 Å². The van der Waals surface area contributed by atoms with Gasteiger partial charge in [-0.25, -0.2) is 21.8 Å². The highest BCUT2D eigenvalue weighted by Crippen LogP contribution is 2.35. The zero-order valence-corrected chi connectivity index (χ0v) is 18.6. The number of aryl methyl sites for hydroxylation is 1. The molecule has 0 amide bonds.